The van der Waals surface area contributed by atoms with Crippen molar-refractivity contribution in [2.75, 3.05) is 7.11 Å². The first-order valence-electron chi connectivity index (χ1n) is 5.68. The molecule has 1 rings (SSSR count). The fraction of sp³-hybridized carbons (Fsp3) is 0.500. The summed E-state index contributed by atoms with van der Waals surface area (Å²) in [5.74, 6) is -0.592. The topological polar surface area (TPSA) is 55.4 Å². The summed E-state index contributed by atoms with van der Waals surface area (Å²) in [6.45, 7) is 3.92. The summed E-state index contributed by atoms with van der Waals surface area (Å²) < 4.78 is 5.03. The number of hydrogen-bond donors (Lipinski definition) is 1. The standard InChI is InChI=1S/C12H15Cl2NO3S/c1-6(2)4-8(12(17)18-3)15-11(16)9-5-7(13)10(14)19-9/h5-6,8H,4H2,1-3H3,(H,15,16)/t8-/m0/s1. The number of nitrogens with one attached hydrogen (secondary N) is 1. The van der Waals surface area contributed by atoms with Gasteiger partial charge < -0.3 is 10.1 Å². The Balaban J connectivity index is 2.78. The van der Waals surface area contributed by atoms with Gasteiger partial charge in [-0.1, -0.05) is 37.0 Å². The van der Waals surface area contributed by atoms with Crippen molar-refractivity contribution in [2.45, 2.75) is 26.3 Å². The zero-order valence-electron chi connectivity index (χ0n) is 10.8. The monoisotopic (exact) mass is 323 g/mol. The van der Waals surface area contributed by atoms with Crippen LogP contribution in [0.15, 0.2) is 6.07 Å². The first-order valence-corrected chi connectivity index (χ1v) is 7.26. The largest absolute Gasteiger partial charge is 0.467 e. The molecule has 1 atom stereocenters. The summed E-state index contributed by atoms with van der Waals surface area (Å²) in [7, 11) is 1.29. The zero-order valence-corrected chi connectivity index (χ0v) is 13.2. The number of esters is 1. The number of hydrogen-bond acceptors (Lipinski definition) is 4. The van der Waals surface area contributed by atoms with E-state index in [1.807, 2.05) is 13.8 Å². The fourth-order valence-electron chi connectivity index (χ4n) is 1.52. The number of carbonyl (C=O) groups is 2. The van der Waals surface area contributed by atoms with Crippen LogP contribution in [0.2, 0.25) is 9.36 Å². The summed E-state index contributed by atoms with van der Waals surface area (Å²) in [6.07, 6.45) is 0.505. The van der Waals surface area contributed by atoms with Crippen molar-refractivity contribution >= 4 is 46.4 Å². The zero-order chi connectivity index (χ0) is 14.6. The molecular formula is C12H15Cl2NO3S. The van der Waals surface area contributed by atoms with Gasteiger partial charge in [0.2, 0.25) is 0 Å². The Bertz CT molecular complexity index is 454. The Labute approximate surface area is 126 Å². The molecule has 19 heavy (non-hydrogen) atoms. The van der Waals surface area contributed by atoms with Gasteiger partial charge in [0.25, 0.3) is 5.91 Å². The molecule has 0 saturated carbocycles. The lowest BCUT2D eigenvalue weighted by Gasteiger charge is -2.17. The van der Waals surface area contributed by atoms with Crippen molar-refractivity contribution in [3.63, 3.8) is 0 Å². The van der Waals surface area contributed by atoms with Crippen LogP contribution in [0.3, 0.4) is 0 Å². The molecule has 1 amide bonds. The van der Waals surface area contributed by atoms with Gasteiger partial charge in [-0.3, -0.25) is 4.79 Å². The number of ether oxygens (including phenoxy) is 1. The normalized spacial score (nSPS) is 12.3. The molecule has 1 N–H and O–H groups in total. The highest BCUT2D eigenvalue weighted by atomic mass is 35.5. The van der Waals surface area contributed by atoms with Crippen LogP contribution in [0.4, 0.5) is 0 Å². The highest BCUT2D eigenvalue weighted by molar-refractivity contribution is 7.18. The van der Waals surface area contributed by atoms with Crippen LogP contribution in [-0.2, 0) is 9.53 Å². The molecule has 0 unspecified atom stereocenters. The average molecular weight is 324 g/mol. The number of thiophene rings is 1. The molecule has 0 aliphatic heterocycles. The van der Waals surface area contributed by atoms with Crippen LogP contribution in [0.25, 0.3) is 0 Å². The molecule has 7 heteroatoms. The lowest BCUT2D eigenvalue weighted by atomic mass is 10.0. The van der Waals surface area contributed by atoms with E-state index in [1.165, 1.54) is 13.2 Å². The smallest absolute Gasteiger partial charge is 0.328 e. The molecule has 1 aromatic rings. The number of carbonyl (C=O) groups excluding carboxylic acids is 2. The summed E-state index contributed by atoms with van der Waals surface area (Å²) >= 11 is 12.7. The second-order valence-electron chi connectivity index (χ2n) is 4.41. The second kappa shape index (κ2) is 7.12. The number of methoxy groups -OCH3 is 1. The molecule has 1 heterocycles. The van der Waals surface area contributed by atoms with E-state index in [9.17, 15) is 9.59 Å². The van der Waals surface area contributed by atoms with E-state index < -0.39 is 12.0 Å². The summed E-state index contributed by atoms with van der Waals surface area (Å²) in [6, 6.07) is 0.810. The molecule has 0 aromatic carbocycles. The van der Waals surface area contributed by atoms with E-state index >= 15 is 0 Å². The minimum atomic E-state index is -0.669. The average Bonchev–Trinajstić information content (AvgIpc) is 2.67. The number of rotatable bonds is 5. The predicted molar refractivity (Wildman–Crippen MR) is 77.1 cm³/mol. The first kappa shape index (κ1) is 16.3. The maximum atomic E-state index is 12.0. The van der Waals surface area contributed by atoms with Gasteiger partial charge in [-0.25, -0.2) is 4.79 Å². The molecular weight excluding hydrogens is 309 g/mol. The van der Waals surface area contributed by atoms with E-state index in [2.05, 4.69) is 10.1 Å². The molecule has 0 spiro atoms. The highest BCUT2D eigenvalue weighted by Crippen LogP contribution is 2.31. The lowest BCUT2D eigenvalue weighted by Crippen LogP contribution is -2.42. The Morgan fingerprint density at radius 3 is 2.47 bits per heavy atom. The Morgan fingerprint density at radius 1 is 1.42 bits per heavy atom. The van der Waals surface area contributed by atoms with E-state index in [0.717, 1.165) is 11.3 Å². The van der Waals surface area contributed by atoms with Crippen LogP contribution in [-0.4, -0.2) is 25.0 Å². The van der Waals surface area contributed by atoms with Crippen LogP contribution < -0.4 is 5.32 Å². The van der Waals surface area contributed by atoms with Gasteiger partial charge >= 0.3 is 5.97 Å². The van der Waals surface area contributed by atoms with E-state index in [1.54, 1.807) is 0 Å². The lowest BCUT2D eigenvalue weighted by molar-refractivity contribution is -0.143. The third kappa shape index (κ3) is 4.67. The Hall–Kier alpha value is -0.780. The van der Waals surface area contributed by atoms with Gasteiger partial charge in [-0.15, -0.1) is 11.3 Å². The summed E-state index contributed by atoms with van der Waals surface area (Å²) in [5, 5.41) is 2.96. The second-order valence-corrected chi connectivity index (χ2v) is 6.47. The molecule has 106 valence electrons. The van der Waals surface area contributed by atoms with Crippen molar-refractivity contribution in [2.24, 2.45) is 5.92 Å². The number of halogens is 2. The quantitative estimate of drug-likeness (QED) is 0.845. The third-order valence-corrected chi connectivity index (χ3v) is 4.23. The Kier molecular flexibility index (Phi) is 6.10. The van der Waals surface area contributed by atoms with Gasteiger partial charge in [-0.2, -0.15) is 0 Å². The van der Waals surface area contributed by atoms with Crippen molar-refractivity contribution in [1.29, 1.82) is 0 Å². The molecule has 0 saturated heterocycles. The highest BCUT2D eigenvalue weighted by Gasteiger charge is 2.24. The third-order valence-electron chi connectivity index (χ3n) is 2.37. The SMILES string of the molecule is COC(=O)[C@H](CC(C)C)NC(=O)c1cc(Cl)c(Cl)s1. The Morgan fingerprint density at radius 2 is 2.05 bits per heavy atom. The minimum Gasteiger partial charge on any atom is -0.467 e. The van der Waals surface area contributed by atoms with Gasteiger partial charge in [0.1, 0.15) is 10.4 Å². The van der Waals surface area contributed by atoms with E-state index in [4.69, 9.17) is 23.2 Å². The van der Waals surface area contributed by atoms with Gasteiger partial charge in [-0.05, 0) is 18.4 Å². The molecule has 1 aromatic heterocycles. The van der Waals surface area contributed by atoms with Crippen LogP contribution in [0.1, 0.15) is 29.9 Å². The van der Waals surface area contributed by atoms with E-state index in [0.29, 0.717) is 20.7 Å². The summed E-state index contributed by atoms with van der Waals surface area (Å²) in [5.41, 5.74) is 0. The van der Waals surface area contributed by atoms with Crippen molar-refractivity contribution in [3.8, 4) is 0 Å². The molecule has 0 aliphatic rings. The fourth-order valence-corrected chi connectivity index (χ4v) is 2.79. The van der Waals surface area contributed by atoms with Crippen molar-refractivity contribution < 1.29 is 14.3 Å². The molecule has 0 radical (unpaired) electrons. The molecule has 0 fully saturated rings. The molecule has 0 bridgehead atoms. The van der Waals surface area contributed by atoms with Gasteiger partial charge in [0.15, 0.2) is 0 Å². The van der Waals surface area contributed by atoms with Crippen LogP contribution in [0.5, 0.6) is 0 Å². The molecule has 4 nitrogen and oxygen atoms in total. The predicted octanol–water partition coefficient (Wildman–Crippen LogP) is 3.37. The van der Waals surface area contributed by atoms with Gasteiger partial charge in [0, 0.05) is 0 Å². The van der Waals surface area contributed by atoms with Crippen LogP contribution in [0, 0.1) is 5.92 Å². The number of amides is 1. The van der Waals surface area contributed by atoms with Crippen LogP contribution >= 0.6 is 34.5 Å². The maximum absolute atomic E-state index is 12.0. The van der Waals surface area contributed by atoms with Crippen molar-refractivity contribution in [3.05, 3.63) is 20.3 Å². The first-order chi connectivity index (χ1) is 8.85. The summed E-state index contributed by atoms with van der Waals surface area (Å²) in [4.78, 5) is 24.0. The van der Waals surface area contributed by atoms with Gasteiger partial charge in [0.05, 0.1) is 17.0 Å². The maximum Gasteiger partial charge on any atom is 0.328 e. The van der Waals surface area contributed by atoms with E-state index in [-0.39, 0.29) is 11.8 Å². The van der Waals surface area contributed by atoms with Crippen molar-refractivity contribution in [1.82, 2.24) is 5.32 Å². The molecule has 0 aliphatic carbocycles. The minimum absolute atomic E-state index is 0.250.